The molecule has 2 heteroatoms. The van der Waals surface area contributed by atoms with Crippen molar-refractivity contribution in [3.63, 3.8) is 0 Å². The second kappa shape index (κ2) is 17.9. The number of fused-ring (bicyclic) bond motifs is 2. The summed E-state index contributed by atoms with van der Waals surface area (Å²) >= 11 is 0. The van der Waals surface area contributed by atoms with Crippen molar-refractivity contribution in [2.24, 2.45) is 0 Å². The second-order valence-corrected chi connectivity index (χ2v) is 20.0. The standard InChI is InChI=1S/C70H60N2/c1-43(2)61-41-65(71(55-31-27-51(28-32-55)49-15-11-9-12-16-49)69-47(7)21-25-53-23-19-45(5)39-63(53)69)59-38-36-58-62(44(3)4)42-66(60-37-35-57(61)67(59)68(58)60)72(56-33-29-52(30-34-56)50-17-13-10-14-18-50)70-48(8)22-26-54-24-20-46(6)40-64(54)70/h9-44H,1-8H3/i9D,10D,11D,12D,13D,14D,15D,16D,17D,18D. The molecule has 0 saturated carbocycles. The molecule has 0 aromatic heterocycles. The van der Waals surface area contributed by atoms with Crippen LogP contribution in [-0.4, -0.2) is 0 Å². The number of benzene rings is 12. The molecule has 12 aromatic rings. The number of hydrogen-bond acceptors (Lipinski definition) is 2. The molecule has 12 aromatic carbocycles. The van der Waals surface area contributed by atoms with Crippen molar-refractivity contribution in [3.05, 3.63) is 239 Å². The molecule has 0 atom stereocenters. The Labute approximate surface area is 438 Å². The van der Waals surface area contributed by atoms with E-state index < -0.39 is 12.1 Å². The molecule has 72 heavy (non-hydrogen) atoms. The highest BCUT2D eigenvalue weighted by Gasteiger charge is 2.28. The van der Waals surface area contributed by atoms with Crippen molar-refractivity contribution >= 4 is 88.0 Å². The van der Waals surface area contributed by atoms with Crippen LogP contribution in [0.2, 0.25) is 0 Å². The summed E-state index contributed by atoms with van der Waals surface area (Å²) in [6, 6.07) is 47.7. The normalized spacial score (nSPS) is 13.8. The van der Waals surface area contributed by atoms with Gasteiger partial charge in [-0.15, -0.1) is 0 Å². The van der Waals surface area contributed by atoms with Crippen molar-refractivity contribution in [1.29, 1.82) is 0 Å². The first kappa shape index (κ1) is 35.0. The number of anilines is 6. The Balaban J connectivity index is 1.18. The molecule has 350 valence electrons. The van der Waals surface area contributed by atoms with Crippen molar-refractivity contribution in [1.82, 2.24) is 0 Å². The molecule has 0 heterocycles. The topological polar surface area (TPSA) is 6.48 Å². The zero-order valence-corrected chi connectivity index (χ0v) is 41.9. The molecule has 0 amide bonds. The Morgan fingerprint density at radius 3 is 1.08 bits per heavy atom. The molecule has 0 aliphatic rings. The van der Waals surface area contributed by atoms with Gasteiger partial charge in [-0.25, -0.2) is 0 Å². The lowest BCUT2D eigenvalue weighted by atomic mass is 9.83. The predicted molar refractivity (Wildman–Crippen MR) is 313 cm³/mol. The largest absolute Gasteiger partial charge is 0.309 e. The first-order chi connectivity index (χ1) is 39.2. The number of aryl methyl sites for hydroxylation is 4. The molecule has 0 saturated heterocycles. The van der Waals surface area contributed by atoms with E-state index in [0.717, 1.165) is 110 Å². The molecule has 0 spiro atoms. The third kappa shape index (κ3) is 7.56. The van der Waals surface area contributed by atoms with Gasteiger partial charge < -0.3 is 9.80 Å². The Bertz CT molecular complexity index is 4260. The third-order valence-electron chi connectivity index (χ3n) is 14.6. The minimum Gasteiger partial charge on any atom is -0.309 e. The van der Waals surface area contributed by atoms with Gasteiger partial charge in [-0.1, -0.05) is 196 Å². The van der Waals surface area contributed by atoms with Gasteiger partial charge in [0.1, 0.15) is 0 Å². The van der Waals surface area contributed by atoms with Gasteiger partial charge in [0, 0.05) is 32.9 Å². The summed E-state index contributed by atoms with van der Waals surface area (Å²) in [4.78, 5) is 4.71. The van der Waals surface area contributed by atoms with Gasteiger partial charge in [0.2, 0.25) is 0 Å². The van der Waals surface area contributed by atoms with E-state index in [-0.39, 0.29) is 71.3 Å². The Hall–Kier alpha value is -8.20. The molecule has 0 aliphatic carbocycles. The molecular weight excluding hydrogens is 869 g/mol. The van der Waals surface area contributed by atoms with Gasteiger partial charge in [-0.2, -0.15) is 0 Å². The smallest absolute Gasteiger partial charge is 0.0629 e. The zero-order chi connectivity index (χ0) is 58.1. The first-order valence-electron chi connectivity index (χ1n) is 29.9. The van der Waals surface area contributed by atoms with Gasteiger partial charge in [0.05, 0.1) is 36.5 Å². The van der Waals surface area contributed by atoms with E-state index in [1.165, 1.54) is 11.1 Å². The molecule has 0 bridgehead atoms. The lowest BCUT2D eigenvalue weighted by Crippen LogP contribution is -2.15. The number of nitrogens with zero attached hydrogens (tertiary/aromatic N) is 2. The van der Waals surface area contributed by atoms with E-state index >= 15 is 0 Å². The van der Waals surface area contributed by atoms with Crippen LogP contribution in [0.25, 0.3) is 76.1 Å². The summed E-state index contributed by atoms with van der Waals surface area (Å²) in [5.74, 6) is 0.187. The van der Waals surface area contributed by atoms with Crippen molar-refractivity contribution < 1.29 is 13.7 Å². The summed E-state index contributed by atoms with van der Waals surface area (Å²) in [6.45, 7) is 17.5. The van der Waals surface area contributed by atoms with E-state index in [0.29, 0.717) is 11.1 Å². The van der Waals surface area contributed by atoms with Crippen LogP contribution in [0.4, 0.5) is 34.1 Å². The zero-order valence-electron chi connectivity index (χ0n) is 51.9. The average Bonchev–Trinajstić information content (AvgIpc) is 3.03. The van der Waals surface area contributed by atoms with E-state index in [2.05, 4.69) is 162 Å². The van der Waals surface area contributed by atoms with E-state index in [9.17, 15) is 0 Å². The summed E-state index contributed by atoms with van der Waals surface area (Å²) in [5.41, 5.74) is 13.6. The second-order valence-electron chi connectivity index (χ2n) is 20.0. The van der Waals surface area contributed by atoms with Crippen LogP contribution >= 0.6 is 0 Å². The molecule has 2 nitrogen and oxygen atoms in total. The lowest BCUT2D eigenvalue weighted by molar-refractivity contribution is 0.875. The van der Waals surface area contributed by atoms with Crippen LogP contribution in [0.1, 0.15) is 86.6 Å². The number of rotatable bonds is 10. The van der Waals surface area contributed by atoms with Crippen molar-refractivity contribution in [3.8, 4) is 22.3 Å². The van der Waals surface area contributed by atoms with E-state index in [4.69, 9.17) is 13.7 Å². The number of hydrogen-bond donors (Lipinski definition) is 0. The highest BCUT2D eigenvalue weighted by atomic mass is 15.2. The predicted octanol–water partition coefficient (Wildman–Crippen LogP) is 20.6. The summed E-state index contributed by atoms with van der Waals surface area (Å²) in [6.07, 6.45) is 0. The van der Waals surface area contributed by atoms with Crippen molar-refractivity contribution in [2.75, 3.05) is 9.80 Å². The maximum Gasteiger partial charge on any atom is 0.0629 e. The highest BCUT2D eigenvalue weighted by Crippen LogP contribution is 2.53. The molecule has 0 radical (unpaired) electrons. The molecule has 0 N–H and O–H groups in total. The van der Waals surface area contributed by atoms with Crippen molar-refractivity contribution in [2.45, 2.75) is 67.2 Å². The Kier molecular flexibility index (Phi) is 8.69. The van der Waals surface area contributed by atoms with Crippen LogP contribution in [-0.2, 0) is 0 Å². The lowest BCUT2D eigenvalue weighted by Gasteiger charge is -2.33. The fourth-order valence-electron chi connectivity index (χ4n) is 11.1. The fourth-order valence-corrected chi connectivity index (χ4v) is 11.1. The first-order valence-corrected chi connectivity index (χ1v) is 24.9. The van der Waals surface area contributed by atoms with Gasteiger partial charge in [-0.3, -0.25) is 0 Å². The van der Waals surface area contributed by atoms with Crippen LogP contribution in [0.15, 0.2) is 206 Å². The van der Waals surface area contributed by atoms with Crippen LogP contribution in [0.5, 0.6) is 0 Å². The van der Waals surface area contributed by atoms with Gasteiger partial charge in [-0.05, 0) is 165 Å². The third-order valence-corrected chi connectivity index (χ3v) is 14.6. The minimum atomic E-state index is -0.429. The molecular formula is C70H60N2. The van der Waals surface area contributed by atoms with Gasteiger partial charge in [0.15, 0.2) is 0 Å². The Morgan fingerprint density at radius 1 is 0.347 bits per heavy atom. The monoisotopic (exact) mass is 939 g/mol. The van der Waals surface area contributed by atoms with Gasteiger partial charge in [0.25, 0.3) is 0 Å². The minimum absolute atomic E-state index is 0.0937. The SMILES string of the molecule is [2H]c1c([2H])c([2H])c(-c2ccc(N(c3c(C)ccc4ccc(C)cc34)c3cc(C(C)C)c4ccc5c(N(c6ccc(-c7c([2H])c([2H])c([2H])c([2H])c7[2H])cc6)c6c(C)ccc7ccc(C)cc67)cc(C(C)C)c6ccc3c4c65)cc2)c([2H])c1[2H]. The fraction of sp³-hybridized carbons (Fsp3) is 0.143. The quantitative estimate of drug-likeness (QED) is 0.126. The molecule has 0 fully saturated rings. The average molecular weight is 939 g/mol. The van der Waals surface area contributed by atoms with Crippen LogP contribution in [0, 0.1) is 27.7 Å². The maximum atomic E-state index is 8.87. The molecule has 0 unspecified atom stereocenters. The summed E-state index contributed by atoms with van der Waals surface area (Å²) in [5, 5.41) is 10.9. The van der Waals surface area contributed by atoms with Gasteiger partial charge >= 0.3 is 0 Å². The highest BCUT2D eigenvalue weighted by molar-refractivity contribution is 6.30. The summed E-state index contributed by atoms with van der Waals surface area (Å²) < 4.78 is 86.0. The van der Waals surface area contributed by atoms with Crippen LogP contribution in [0.3, 0.4) is 0 Å². The summed E-state index contributed by atoms with van der Waals surface area (Å²) in [7, 11) is 0. The van der Waals surface area contributed by atoms with Crippen LogP contribution < -0.4 is 9.80 Å². The van der Waals surface area contributed by atoms with E-state index in [1.807, 2.05) is 48.5 Å². The molecule has 12 rings (SSSR count). The molecule has 0 aliphatic heterocycles. The van der Waals surface area contributed by atoms with E-state index in [1.54, 1.807) is 0 Å². The maximum absolute atomic E-state index is 8.87. The Morgan fingerprint density at radius 2 is 0.708 bits per heavy atom.